The molecule has 0 aliphatic carbocycles. The van der Waals surface area contributed by atoms with Crippen LogP contribution in [0.4, 0.5) is 0 Å². The van der Waals surface area contributed by atoms with Crippen LogP contribution >= 0.6 is 0 Å². The van der Waals surface area contributed by atoms with Gasteiger partial charge in [-0.05, 0) is 17.7 Å². The highest BCUT2D eigenvalue weighted by Gasteiger charge is 2.27. The summed E-state index contributed by atoms with van der Waals surface area (Å²) in [5.41, 5.74) is 0.936. The SMILES string of the molecule is COc1ccc(CC(=O)N2CCN(C(=O)c3nnc(C)o3)CC2)cc1. The maximum atomic E-state index is 12.4. The molecule has 0 saturated carbocycles. The summed E-state index contributed by atoms with van der Waals surface area (Å²) >= 11 is 0. The van der Waals surface area contributed by atoms with Crippen LogP contribution in [0.2, 0.25) is 0 Å². The van der Waals surface area contributed by atoms with Gasteiger partial charge in [0, 0.05) is 33.1 Å². The highest BCUT2D eigenvalue weighted by Crippen LogP contribution is 2.14. The second-order valence-corrected chi connectivity index (χ2v) is 5.82. The van der Waals surface area contributed by atoms with Gasteiger partial charge in [0.25, 0.3) is 0 Å². The molecule has 1 aromatic carbocycles. The van der Waals surface area contributed by atoms with Gasteiger partial charge >= 0.3 is 11.8 Å². The Bertz CT molecular complexity index is 748. The van der Waals surface area contributed by atoms with E-state index in [-0.39, 0.29) is 17.7 Å². The van der Waals surface area contributed by atoms with Gasteiger partial charge < -0.3 is 19.0 Å². The molecule has 0 N–H and O–H groups in total. The Morgan fingerprint density at radius 3 is 2.28 bits per heavy atom. The summed E-state index contributed by atoms with van der Waals surface area (Å²) < 4.78 is 10.3. The van der Waals surface area contributed by atoms with Crippen molar-refractivity contribution >= 4 is 11.8 Å². The molecule has 1 aliphatic rings. The van der Waals surface area contributed by atoms with Crippen LogP contribution in [0.1, 0.15) is 22.1 Å². The van der Waals surface area contributed by atoms with Crippen LogP contribution in [0.5, 0.6) is 5.75 Å². The first-order valence-corrected chi connectivity index (χ1v) is 8.07. The predicted octanol–water partition coefficient (Wildman–Crippen LogP) is 0.914. The van der Waals surface area contributed by atoms with Crippen LogP contribution in [0.25, 0.3) is 0 Å². The molecule has 132 valence electrons. The normalized spacial score (nSPS) is 14.5. The zero-order valence-corrected chi connectivity index (χ0v) is 14.3. The molecule has 1 saturated heterocycles. The van der Waals surface area contributed by atoms with Gasteiger partial charge in [0.05, 0.1) is 13.5 Å². The van der Waals surface area contributed by atoms with Crippen LogP contribution in [0.3, 0.4) is 0 Å². The topological polar surface area (TPSA) is 88.8 Å². The minimum absolute atomic E-state index is 0.00416. The summed E-state index contributed by atoms with van der Waals surface area (Å²) in [6, 6.07) is 7.44. The van der Waals surface area contributed by atoms with Gasteiger partial charge in [-0.15, -0.1) is 10.2 Å². The fraction of sp³-hybridized carbons (Fsp3) is 0.412. The second-order valence-electron chi connectivity index (χ2n) is 5.82. The fourth-order valence-corrected chi connectivity index (χ4v) is 2.71. The van der Waals surface area contributed by atoms with E-state index < -0.39 is 0 Å². The first-order valence-electron chi connectivity index (χ1n) is 8.07. The molecule has 1 aromatic heterocycles. The number of carbonyl (C=O) groups is 2. The third-order valence-corrected chi connectivity index (χ3v) is 4.14. The Kier molecular flexibility index (Phi) is 4.97. The molecule has 0 spiro atoms. The van der Waals surface area contributed by atoms with Crippen molar-refractivity contribution in [2.24, 2.45) is 0 Å². The number of aromatic nitrogens is 2. The highest BCUT2D eigenvalue weighted by atomic mass is 16.5. The zero-order chi connectivity index (χ0) is 17.8. The maximum Gasteiger partial charge on any atom is 0.311 e. The molecule has 1 aliphatic heterocycles. The predicted molar refractivity (Wildman–Crippen MR) is 88.2 cm³/mol. The Morgan fingerprint density at radius 1 is 1.08 bits per heavy atom. The number of benzene rings is 1. The molecule has 8 heteroatoms. The van der Waals surface area contributed by atoms with Gasteiger partial charge in [-0.2, -0.15) is 0 Å². The lowest BCUT2D eigenvalue weighted by atomic mass is 10.1. The van der Waals surface area contributed by atoms with Crippen LogP contribution < -0.4 is 4.74 Å². The minimum Gasteiger partial charge on any atom is -0.497 e. The van der Waals surface area contributed by atoms with Crippen molar-refractivity contribution in [1.82, 2.24) is 20.0 Å². The molecule has 0 atom stereocenters. The zero-order valence-electron chi connectivity index (χ0n) is 14.3. The van der Waals surface area contributed by atoms with Crippen molar-refractivity contribution in [2.75, 3.05) is 33.3 Å². The monoisotopic (exact) mass is 344 g/mol. The molecule has 2 aromatic rings. The molecular formula is C17H20N4O4. The average molecular weight is 344 g/mol. The first kappa shape index (κ1) is 16.9. The van der Waals surface area contributed by atoms with E-state index in [1.54, 1.807) is 23.8 Å². The quantitative estimate of drug-likeness (QED) is 0.819. The molecule has 0 radical (unpaired) electrons. The largest absolute Gasteiger partial charge is 0.497 e. The number of hydrogen-bond donors (Lipinski definition) is 0. The molecule has 8 nitrogen and oxygen atoms in total. The third kappa shape index (κ3) is 3.96. The smallest absolute Gasteiger partial charge is 0.311 e. The fourth-order valence-electron chi connectivity index (χ4n) is 2.71. The Hall–Kier alpha value is -2.90. The summed E-state index contributed by atoms with van der Waals surface area (Å²) in [6.45, 7) is 3.53. The number of nitrogens with zero attached hydrogens (tertiary/aromatic N) is 4. The van der Waals surface area contributed by atoms with Gasteiger partial charge in [-0.1, -0.05) is 12.1 Å². The maximum absolute atomic E-state index is 12.4. The lowest BCUT2D eigenvalue weighted by Gasteiger charge is -2.34. The summed E-state index contributed by atoms with van der Waals surface area (Å²) in [5.74, 6) is 0.875. The lowest BCUT2D eigenvalue weighted by molar-refractivity contribution is -0.131. The van der Waals surface area contributed by atoms with Crippen LogP contribution in [-0.4, -0.2) is 65.1 Å². The van der Waals surface area contributed by atoms with Gasteiger partial charge in [-0.3, -0.25) is 9.59 Å². The third-order valence-electron chi connectivity index (χ3n) is 4.14. The van der Waals surface area contributed by atoms with Crippen LogP contribution in [0.15, 0.2) is 28.7 Å². The molecule has 1 fully saturated rings. The number of amides is 2. The molecule has 3 rings (SSSR count). The summed E-state index contributed by atoms with van der Waals surface area (Å²) in [4.78, 5) is 28.1. The Labute approximate surface area is 145 Å². The molecule has 0 bridgehead atoms. The van der Waals surface area contributed by atoms with E-state index >= 15 is 0 Å². The summed E-state index contributed by atoms with van der Waals surface area (Å²) in [5, 5.41) is 7.41. The van der Waals surface area contributed by atoms with E-state index in [9.17, 15) is 9.59 Å². The first-order chi connectivity index (χ1) is 12.1. The summed E-state index contributed by atoms with van der Waals surface area (Å²) in [6.07, 6.45) is 0.334. The number of hydrogen-bond acceptors (Lipinski definition) is 6. The molecule has 25 heavy (non-hydrogen) atoms. The van der Waals surface area contributed by atoms with Gasteiger partial charge in [0.2, 0.25) is 11.8 Å². The number of carbonyl (C=O) groups excluding carboxylic acids is 2. The van der Waals surface area contributed by atoms with Crippen molar-refractivity contribution < 1.29 is 18.7 Å². The summed E-state index contributed by atoms with van der Waals surface area (Å²) in [7, 11) is 1.61. The van der Waals surface area contributed by atoms with Gasteiger partial charge in [0.1, 0.15) is 5.75 Å². The van der Waals surface area contributed by atoms with Crippen molar-refractivity contribution in [3.05, 3.63) is 41.6 Å². The standard InChI is InChI=1S/C17H20N4O4/c1-12-18-19-16(25-12)17(23)21-9-7-20(8-10-21)15(22)11-13-3-5-14(24-2)6-4-13/h3-6H,7-11H2,1-2H3. The van der Waals surface area contributed by atoms with E-state index in [0.717, 1.165) is 11.3 Å². The number of ether oxygens (including phenoxy) is 1. The number of methoxy groups -OCH3 is 1. The minimum atomic E-state index is -0.289. The van der Waals surface area contributed by atoms with Crippen molar-refractivity contribution in [2.45, 2.75) is 13.3 Å². The van der Waals surface area contributed by atoms with Gasteiger partial charge in [-0.25, -0.2) is 0 Å². The van der Waals surface area contributed by atoms with E-state index in [1.807, 2.05) is 24.3 Å². The van der Waals surface area contributed by atoms with E-state index in [2.05, 4.69) is 10.2 Å². The van der Waals surface area contributed by atoms with Crippen molar-refractivity contribution in [3.63, 3.8) is 0 Å². The highest BCUT2D eigenvalue weighted by molar-refractivity contribution is 5.89. The molecule has 2 heterocycles. The van der Waals surface area contributed by atoms with Crippen LogP contribution in [-0.2, 0) is 11.2 Å². The Balaban J connectivity index is 1.52. The van der Waals surface area contributed by atoms with Gasteiger partial charge in [0.15, 0.2) is 0 Å². The molecule has 2 amide bonds. The van der Waals surface area contributed by atoms with E-state index in [4.69, 9.17) is 9.15 Å². The lowest BCUT2D eigenvalue weighted by Crippen LogP contribution is -2.51. The van der Waals surface area contributed by atoms with Crippen molar-refractivity contribution in [3.8, 4) is 5.75 Å². The van der Waals surface area contributed by atoms with Crippen LogP contribution in [0, 0.1) is 6.92 Å². The number of rotatable bonds is 4. The number of aryl methyl sites for hydroxylation is 1. The number of piperazine rings is 1. The molecular weight excluding hydrogens is 324 g/mol. The average Bonchev–Trinajstić information content (AvgIpc) is 3.08. The van der Waals surface area contributed by atoms with E-state index in [0.29, 0.717) is 38.5 Å². The molecule has 0 unspecified atom stereocenters. The van der Waals surface area contributed by atoms with Crippen molar-refractivity contribution in [1.29, 1.82) is 0 Å². The van der Waals surface area contributed by atoms with E-state index in [1.165, 1.54) is 0 Å². The Morgan fingerprint density at radius 2 is 1.72 bits per heavy atom. The second kappa shape index (κ2) is 7.33.